The smallest absolute Gasteiger partial charge is 0.273 e. The number of aryl methyl sites for hydroxylation is 2. The van der Waals surface area contributed by atoms with Crippen molar-refractivity contribution in [3.05, 3.63) is 79.7 Å². The summed E-state index contributed by atoms with van der Waals surface area (Å²) in [6.45, 7) is 4.08. The van der Waals surface area contributed by atoms with Crippen LogP contribution >= 0.6 is 11.3 Å². The second-order valence-corrected chi connectivity index (χ2v) is 7.28. The summed E-state index contributed by atoms with van der Waals surface area (Å²) < 4.78 is 0. The van der Waals surface area contributed by atoms with Gasteiger partial charge >= 0.3 is 0 Å². The molecule has 0 fully saturated rings. The minimum absolute atomic E-state index is 0.0458. The van der Waals surface area contributed by atoms with Crippen molar-refractivity contribution in [2.24, 2.45) is 0 Å². The van der Waals surface area contributed by atoms with Gasteiger partial charge in [0.15, 0.2) is 0 Å². The van der Waals surface area contributed by atoms with Crippen molar-refractivity contribution in [2.75, 3.05) is 6.54 Å². The SMILES string of the molecule is Cc1nc(-c2ccc(CCNC(=O)c3ccc(C)c([N+](=O)[O-])c3)cc2)cs1. The van der Waals surface area contributed by atoms with Gasteiger partial charge in [0, 0.05) is 34.7 Å². The normalized spacial score (nSPS) is 10.6. The van der Waals surface area contributed by atoms with Crippen LogP contribution in [0.1, 0.15) is 26.5 Å². The van der Waals surface area contributed by atoms with Crippen LogP contribution < -0.4 is 5.32 Å². The standard InChI is InChI=1S/C20H19N3O3S/c1-13-3-6-17(11-19(13)23(25)26)20(24)21-10-9-15-4-7-16(8-5-15)18-12-27-14(2)22-18/h3-8,11-12H,9-10H2,1-2H3,(H,21,24). The van der Waals surface area contributed by atoms with Crippen molar-refractivity contribution in [1.82, 2.24) is 10.3 Å². The molecule has 1 N–H and O–H groups in total. The van der Waals surface area contributed by atoms with Crippen LogP contribution in [0.25, 0.3) is 11.3 Å². The van der Waals surface area contributed by atoms with Crippen molar-refractivity contribution >= 4 is 22.9 Å². The van der Waals surface area contributed by atoms with Gasteiger partial charge in [-0.2, -0.15) is 0 Å². The average Bonchev–Trinajstić information content (AvgIpc) is 3.08. The number of amides is 1. The number of carbonyl (C=O) groups is 1. The van der Waals surface area contributed by atoms with E-state index in [2.05, 4.69) is 10.3 Å². The largest absolute Gasteiger partial charge is 0.352 e. The third kappa shape index (κ3) is 4.57. The Kier molecular flexibility index (Phi) is 5.61. The summed E-state index contributed by atoms with van der Waals surface area (Å²) in [5, 5.41) is 16.9. The Labute approximate surface area is 161 Å². The lowest BCUT2D eigenvalue weighted by molar-refractivity contribution is -0.385. The molecular formula is C20H19N3O3S. The number of nitro groups is 1. The summed E-state index contributed by atoms with van der Waals surface area (Å²) in [7, 11) is 0. The first-order chi connectivity index (χ1) is 12.9. The lowest BCUT2D eigenvalue weighted by atomic mass is 10.1. The molecule has 138 valence electrons. The van der Waals surface area contributed by atoms with Crippen molar-refractivity contribution < 1.29 is 9.72 Å². The number of benzene rings is 2. The summed E-state index contributed by atoms with van der Waals surface area (Å²) in [6.07, 6.45) is 0.677. The fourth-order valence-corrected chi connectivity index (χ4v) is 3.33. The molecule has 1 amide bonds. The second-order valence-electron chi connectivity index (χ2n) is 6.21. The van der Waals surface area contributed by atoms with E-state index in [1.165, 1.54) is 6.07 Å². The van der Waals surface area contributed by atoms with Crippen LogP contribution in [0.15, 0.2) is 47.8 Å². The molecule has 0 radical (unpaired) electrons. The van der Waals surface area contributed by atoms with E-state index in [-0.39, 0.29) is 11.6 Å². The Balaban J connectivity index is 1.57. The third-order valence-electron chi connectivity index (χ3n) is 4.24. The fraction of sp³-hybridized carbons (Fsp3) is 0.200. The topological polar surface area (TPSA) is 85.1 Å². The molecule has 1 aromatic heterocycles. The highest BCUT2D eigenvalue weighted by molar-refractivity contribution is 7.09. The van der Waals surface area contributed by atoms with E-state index in [1.54, 1.807) is 30.4 Å². The molecule has 6 nitrogen and oxygen atoms in total. The molecule has 27 heavy (non-hydrogen) atoms. The van der Waals surface area contributed by atoms with Gasteiger partial charge in [0.05, 0.1) is 15.6 Å². The summed E-state index contributed by atoms with van der Waals surface area (Å²) in [4.78, 5) is 27.2. The third-order valence-corrected chi connectivity index (χ3v) is 5.01. The quantitative estimate of drug-likeness (QED) is 0.509. The van der Waals surface area contributed by atoms with Crippen LogP contribution in [-0.4, -0.2) is 22.4 Å². The predicted octanol–water partition coefficient (Wildman–Crippen LogP) is 4.31. The van der Waals surface area contributed by atoms with Crippen LogP contribution in [0.3, 0.4) is 0 Å². The lowest BCUT2D eigenvalue weighted by Gasteiger charge is -2.07. The van der Waals surface area contributed by atoms with Gasteiger partial charge < -0.3 is 5.32 Å². The molecule has 0 aliphatic carbocycles. The van der Waals surface area contributed by atoms with Gasteiger partial charge in [0.25, 0.3) is 11.6 Å². The predicted molar refractivity (Wildman–Crippen MR) is 106 cm³/mol. The summed E-state index contributed by atoms with van der Waals surface area (Å²) in [5.74, 6) is -0.312. The Morgan fingerprint density at radius 3 is 2.56 bits per heavy atom. The Morgan fingerprint density at radius 2 is 1.93 bits per heavy atom. The minimum Gasteiger partial charge on any atom is -0.352 e. The molecule has 2 aromatic carbocycles. The number of carbonyl (C=O) groups excluding carboxylic acids is 1. The molecule has 0 atom stereocenters. The van der Waals surface area contributed by atoms with Crippen LogP contribution in [-0.2, 0) is 6.42 Å². The number of nitro benzene ring substituents is 1. The molecule has 0 saturated heterocycles. The number of nitrogens with zero attached hydrogens (tertiary/aromatic N) is 2. The maximum Gasteiger partial charge on any atom is 0.273 e. The molecule has 3 aromatic rings. The first kappa shape index (κ1) is 18.7. The van der Waals surface area contributed by atoms with E-state index < -0.39 is 4.92 Å². The second kappa shape index (κ2) is 8.09. The van der Waals surface area contributed by atoms with Crippen molar-refractivity contribution in [3.8, 4) is 11.3 Å². The summed E-state index contributed by atoms with van der Waals surface area (Å²) >= 11 is 1.62. The zero-order valence-electron chi connectivity index (χ0n) is 15.1. The number of aromatic nitrogens is 1. The molecular weight excluding hydrogens is 362 g/mol. The van der Waals surface area contributed by atoms with E-state index >= 15 is 0 Å². The van der Waals surface area contributed by atoms with E-state index in [1.807, 2.05) is 36.6 Å². The molecule has 0 bridgehead atoms. The first-order valence-corrected chi connectivity index (χ1v) is 9.36. The van der Waals surface area contributed by atoms with Crippen LogP contribution in [0.5, 0.6) is 0 Å². The highest BCUT2D eigenvalue weighted by Crippen LogP contribution is 2.22. The van der Waals surface area contributed by atoms with Gasteiger partial charge in [0.1, 0.15) is 0 Å². The molecule has 0 spiro atoms. The molecule has 0 aliphatic heterocycles. The van der Waals surface area contributed by atoms with Gasteiger partial charge in [-0.25, -0.2) is 4.98 Å². The number of thiazole rings is 1. The highest BCUT2D eigenvalue weighted by atomic mass is 32.1. The zero-order chi connectivity index (χ0) is 19.4. The molecule has 3 rings (SSSR count). The zero-order valence-corrected chi connectivity index (χ0v) is 15.9. The van der Waals surface area contributed by atoms with Crippen LogP contribution in [0.4, 0.5) is 5.69 Å². The average molecular weight is 381 g/mol. The first-order valence-electron chi connectivity index (χ1n) is 8.49. The number of hydrogen-bond donors (Lipinski definition) is 1. The summed E-state index contributed by atoms with van der Waals surface area (Å²) in [5.41, 5.74) is 3.92. The Hall–Kier alpha value is -3.06. The fourth-order valence-electron chi connectivity index (χ4n) is 2.71. The number of nitrogens with one attached hydrogen (secondary N) is 1. The van der Waals surface area contributed by atoms with Crippen molar-refractivity contribution in [3.63, 3.8) is 0 Å². The van der Waals surface area contributed by atoms with Gasteiger partial charge in [-0.1, -0.05) is 30.3 Å². The highest BCUT2D eigenvalue weighted by Gasteiger charge is 2.14. The number of rotatable bonds is 6. The number of hydrogen-bond acceptors (Lipinski definition) is 5. The van der Waals surface area contributed by atoms with E-state index in [0.717, 1.165) is 21.8 Å². The molecule has 1 heterocycles. The molecule has 0 unspecified atom stereocenters. The Morgan fingerprint density at radius 1 is 1.19 bits per heavy atom. The van der Waals surface area contributed by atoms with Gasteiger partial charge in [0.2, 0.25) is 0 Å². The van der Waals surface area contributed by atoms with E-state index in [0.29, 0.717) is 24.1 Å². The van der Waals surface area contributed by atoms with Crippen LogP contribution in [0, 0.1) is 24.0 Å². The maximum absolute atomic E-state index is 12.2. The molecule has 0 saturated carbocycles. The molecule has 0 aliphatic rings. The van der Waals surface area contributed by atoms with E-state index in [9.17, 15) is 14.9 Å². The van der Waals surface area contributed by atoms with Gasteiger partial charge in [-0.15, -0.1) is 11.3 Å². The van der Waals surface area contributed by atoms with Gasteiger partial charge in [-0.05, 0) is 31.9 Å². The van der Waals surface area contributed by atoms with Crippen LogP contribution in [0.2, 0.25) is 0 Å². The monoisotopic (exact) mass is 381 g/mol. The minimum atomic E-state index is -0.475. The van der Waals surface area contributed by atoms with Gasteiger partial charge in [-0.3, -0.25) is 14.9 Å². The summed E-state index contributed by atoms with van der Waals surface area (Å²) in [6, 6.07) is 12.6. The lowest BCUT2D eigenvalue weighted by Crippen LogP contribution is -2.25. The van der Waals surface area contributed by atoms with Crippen molar-refractivity contribution in [2.45, 2.75) is 20.3 Å². The van der Waals surface area contributed by atoms with E-state index in [4.69, 9.17) is 0 Å². The molecule has 7 heteroatoms. The van der Waals surface area contributed by atoms with Crippen molar-refractivity contribution in [1.29, 1.82) is 0 Å². The maximum atomic E-state index is 12.2. The Bertz CT molecular complexity index is 980.